The molecule has 0 aromatic rings. The van der Waals surface area contributed by atoms with Crippen molar-refractivity contribution in [3.63, 3.8) is 0 Å². The zero-order valence-corrected chi connectivity index (χ0v) is 10.4. The minimum atomic E-state index is -0.265. The molecule has 0 aliphatic rings. The lowest BCUT2D eigenvalue weighted by Gasteiger charge is -2.24. The summed E-state index contributed by atoms with van der Waals surface area (Å²) in [5.41, 5.74) is 1.78. The van der Waals surface area contributed by atoms with Crippen LogP contribution in [0.5, 0.6) is 0 Å². The Morgan fingerprint density at radius 2 is 1.94 bits per heavy atom. The summed E-state index contributed by atoms with van der Waals surface area (Å²) in [7, 11) is 0. The second-order valence-electron chi connectivity index (χ2n) is 4.06. The summed E-state index contributed by atoms with van der Waals surface area (Å²) in [6.45, 7) is 13.2. The number of hydrogen-bond acceptors (Lipinski definition) is 2. The maximum Gasteiger partial charge on any atom is 0.0929 e. The monoisotopic (exact) mass is 222 g/mol. The molecule has 0 spiro atoms. The van der Waals surface area contributed by atoms with Gasteiger partial charge < -0.3 is 10.2 Å². The fourth-order valence-electron chi connectivity index (χ4n) is 1.63. The van der Waals surface area contributed by atoms with E-state index < -0.39 is 0 Å². The fourth-order valence-corrected chi connectivity index (χ4v) is 1.63. The van der Waals surface area contributed by atoms with Crippen LogP contribution in [0.1, 0.15) is 20.8 Å². The smallest absolute Gasteiger partial charge is 0.0929 e. The molecule has 16 heavy (non-hydrogen) atoms. The zero-order valence-electron chi connectivity index (χ0n) is 10.4. The topological polar surface area (TPSA) is 40.5 Å². The molecule has 0 amide bonds. The van der Waals surface area contributed by atoms with Gasteiger partial charge in [0.1, 0.15) is 0 Å². The molecule has 1 unspecified atom stereocenters. The standard InChI is InChI=1S/C14H22O2/c1-6-7-8-13(10(2)3)14(12(5)16)11(4)9-15/h6-8,11,14-16H,2,5,9H2,1,3-4H3/b7-6?,13-8+/t11-,14?/m0/s1. The van der Waals surface area contributed by atoms with Crippen LogP contribution in [0.3, 0.4) is 0 Å². The van der Waals surface area contributed by atoms with Crippen molar-refractivity contribution in [2.75, 3.05) is 6.61 Å². The average Bonchev–Trinajstić information content (AvgIpc) is 2.22. The molecule has 2 nitrogen and oxygen atoms in total. The van der Waals surface area contributed by atoms with Crippen LogP contribution < -0.4 is 0 Å². The predicted molar refractivity (Wildman–Crippen MR) is 69.2 cm³/mol. The lowest BCUT2D eigenvalue weighted by atomic mass is 9.83. The Balaban J connectivity index is 5.27. The highest BCUT2D eigenvalue weighted by Crippen LogP contribution is 2.30. The molecule has 0 rings (SSSR count). The van der Waals surface area contributed by atoms with Crippen molar-refractivity contribution >= 4 is 0 Å². The normalized spacial score (nSPS) is 16.1. The molecule has 2 atom stereocenters. The summed E-state index contributed by atoms with van der Waals surface area (Å²) >= 11 is 0. The van der Waals surface area contributed by atoms with Gasteiger partial charge in [-0.1, -0.05) is 43.9 Å². The summed E-state index contributed by atoms with van der Waals surface area (Å²) in [5, 5.41) is 18.8. The van der Waals surface area contributed by atoms with Crippen LogP contribution in [0.4, 0.5) is 0 Å². The van der Waals surface area contributed by atoms with Gasteiger partial charge in [0.05, 0.1) is 5.76 Å². The maximum absolute atomic E-state index is 9.62. The Hall–Kier alpha value is -1.28. The van der Waals surface area contributed by atoms with Crippen LogP contribution in [0.2, 0.25) is 0 Å². The molecular formula is C14H22O2. The van der Waals surface area contributed by atoms with Crippen LogP contribution >= 0.6 is 0 Å². The summed E-state index contributed by atoms with van der Waals surface area (Å²) in [6, 6.07) is 0. The van der Waals surface area contributed by atoms with Crippen molar-refractivity contribution in [2.24, 2.45) is 11.8 Å². The summed E-state index contributed by atoms with van der Waals surface area (Å²) in [6.07, 6.45) is 5.70. The minimum Gasteiger partial charge on any atom is -0.512 e. The van der Waals surface area contributed by atoms with E-state index in [2.05, 4.69) is 13.2 Å². The van der Waals surface area contributed by atoms with Gasteiger partial charge in [0.25, 0.3) is 0 Å². The molecule has 2 N–H and O–H groups in total. The second kappa shape index (κ2) is 7.07. The molecule has 0 radical (unpaired) electrons. The summed E-state index contributed by atoms with van der Waals surface area (Å²) < 4.78 is 0. The van der Waals surface area contributed by atoms with Crippen LogP contribution in [0.15, 0.2) is 48.3 Å². The maximum atomic E-state index is 9.62. The van der Waals surface area contributed by atoms with E-state index in [0.29, 0.717) is 0 Å². The molecule has 0 saturated heterocycles. The highest BCUT2D eigenvalue weighted by molar-refractivity contribution is 5.36. The summed E-state index contributed by atoms with van der Waals surface area (Å²) in [5.74, 6) is -0.273. The number of aliphatic hydroxyl groups excluding tert-OH is 2. The fraction of sp³-hybridized carbons (Fsp3) is 0.429. The van der Waals surface area contributed by atoms with E-state index in [0.717, 1.165) is 11.1 Å². The van der Waals surface area contributed by atoms with Gasteiger partial charge in [-0.3, -0.25) is 0 Å². The molecule has 0 saturated carbocycles. The Bertz CT molecular complexity index is 311. The lowest BCUT2D eigenvalue weighted by Crippen LogP contribution is -2.20. The van der Waals surface area contributed by atoms with E-state index >= 15 is 0 Å². The van der Waals surface area contributed by atoms with Crippen molar-refractivity contribution in [3.8, 4) is 0 Å². The van der Waals surface area contributed by atoms with Gasteiger partial charge in [-0.05, 0) is 25.3 Å². The van der Waals surface area contributed by atoms with E-state index in [1.807, 2.05) is 39.0 Å². The third kappa shape index (κ3) is 4.07. The molecular weight excluding hydrogens is 200 g/mol. The molecule has 0 bridgehead atoms. The average molecular weight is 222 g/mol. The minimum absolute atomic E-state index is 0.00467. The number of rotatable bonds is 6. The quantitative estimate of drug-likeness (QED) is 0.534. The zero-order chi connectivity index (χ0) is 12.7. The van der Waals surface area contributed by atoms with Gasteiger partial charge >= 0.3 is 0 Å². The third-order valence-corrected chi connectivity index (χ3v) is 2.51. The number of hydrogen-bond donors (Lipinski definition) is 2. The summed E-state index contributed by atoms with van der Waals surface area (Å²) in [4.78, 5) is 0. The van der Waals surface area contributed by atoms with Crippen LogP contribution in [-0.2, 0) is 0 Å². The molecule has 0 fully saturated rings. The largest absolute Gasteiger partial charge is 0.512 e. The number of allylic oxidation sites excluding steroid dienone is 5. The second-order valence-corrected chi connectivity index (χ2v) is 4.06. The van der Waals surface area contributed by atoms with Gasteiger partial charge in [-0.15, -0.1) is 0 Å². The predicted octanol–water partition coefficient (Wildman–Crippen LogP) is 3.38. The molecule has 0 heterocycles. The first-order valence-electron chi connectivity index (χ1n) is 5.43. The molecule has 90 valence electrons. The van der Waals surface area contributed by atoms with Crippen molar-refractivity contribution in [1.82, 2.24) is 0 Å². The van der Waals surface area contributed by atoms with Crippen LogP contribution in [0, 0.1) is 11.8 Å². The van der Waals surface area contributed by atoms with E-state index in [1.54, 1.807) is 0 Å². The van der Waals surface area contributed by atoms with Crippen LogP contribution in [0.25, 0.3) is 0 Å². The SMILES string of the molecule is C=C(C)/C(=C\C=CC)C(C(=C)O)[C@@H](C)CO. The Kier molecular flexibility index (Phi) is 6.50. The van der Waals surface area contributed by atoms with Crippen molar-refractivity contribution in [1.29, 1.82) is 0 Å². The van der Waals surface area contributed by atoms with Crippen molar-refractivity contribution in [3.05, 3.63) is 48.3 Å². The van der Waals surface area contributed by atoms with Gasteiger partial charge in [-0.2, -0.15) is 0 Å². The van der Waals surface area contributed by atoms with Gasteiger partial charge in [0.2, 0.25) is 0 Å². The van der Waals surface area contributed by atoms with Crippen LogP contribution in [-0.4, -0.2) is 16.8 Å². The molecule has 2 heteroatoms. The Morgan fingerprint density at radius 1 is 1.38 bits per heavy atom. The van der Waals surface area contributed by atoms with E-state index in [4.69, 9.17) is 0 Å². The molecule has 0 aromatic heterocycles. The molecule has 0 aliphatic heterocycles. The first-order valence-corrected chi connectivity index (χ1v) is 5.43. The third-order valence-electron chi connectivity index (χ3n) is 2.51. The molecule has 0 aliphatic carbocycles. The molecule has 0 aromatic carbocycles. The first kappa shape index (κ1) is 14.7. The van der Waals surface area contributed by atoms with Crippen molar-refractivity contribution in [2.45, 2.75) is 20.8 Å². The Morgan fingerprint density at radius 3 is 2.25 bits per heavy atom. The highest BCUT2D eigenvalue weighted by atomic mass is 16.3. The Labute approximate surface area is 98.3 Å². The lowest BCUT2D eigenvalue weighted by molar-refractivity contribution is 0.191. The van der Waals surface area contributed by atoms with Gasteiger partial charge in [-0.25, -0.2) is 0 Å². The van der Waals surface area contributed by atoms with E-state index in [-0.39, 0.29) is 24.2 Å². The highest BCUT2D eigenvalue weighted by Gasteiger charge is 2.23. The van der Waals surface area contributed by atoms with Crippen molar-refractivity contribution < 1.29 is 10.2 Å². The van der Waals surface area contributed by atoms with E-state index in [9.17, 15) is 10.2 Å². The number of aliphatic hydroxyl groups is 2. The van der Waals surface area contributed by atoms with Gasteiger partial charge in [0, 0.05) is 12.5 Å². The van der Waals surface area contributed by atoms with E-state index in [1.165, 1.54) is 0 Å². The van der Waals surface area contributed by atoms with Gasteiger partial charge in [0.15, 0.2) is 0 Å². The first-order chi connectivity index (χ1) is 7.45.